The van der Waals surface area contributed by atoms with Gasteiger partial charge < -0.3 is 0 Å². The van der Waals surface area contributed by atoms with Crippen molar-refractivity contribution in [3.05, 3.63) is 42.2 Å². The van der Waals surface area contributed by atoms with E-state index in [1.165, 1.54) is 8.71 Å². The van der Waals surface area contributed by atoms with Crippen molar-refractivity contribution < 1.29 is 8.42 Å². The highest BCUT2D eigenvalue weighted by Crippen LogP contribution is 2.26. The monoisotopic (exact) mass is 313 g/mol. The molecule has 2 heterocycles. The fourth-order valence-electron chi connectivity index (χ4n) is 2.00. The number of hydrogen-bond donors (Lipinski definition) is 0. The fraction of sp³-hybridized carbons (Fsp3) is 0.308. The lowest BCUT2D eigenvalue weighted by atomic mass is 10.4. The van der Waals surface area contributed by atoms with Crippen LogP contribution in [0.25, 0.3) is 5.65 Å². The van der Waals surface area contributed by atoms with E-state index in [9.17, 15) is 8.42 Å². The van der Waals surface area contributed by atoms with Crippen molar-refractivity contribution in [2.24, 2.45) is 0 Å². The molecule has 0 atom stereocenters. The zero-order valence-corrected chi connectivity index (χ0v) is 12.9. The second-order valence-corrected chi connectivity index (χ2v) is 6.76. The summed E-state index contributed by atoms with van der Waals surface area (Å²) in [6.07, 6.45) is 3.18. The number of sulfonamides is 1. The predicted octanol–water partition coefficient (Wildman–Crippen LogP) is 2.57. The van der Waals surface area contributed by atoms with Crippen LogP contribution in [0.4, 0.5) is 0 Å². The van der Waals surface area contributed by atoms with Gasteiger partial charge in [-0.2, -0.15) is 4.31 Å². The Kier molecular flexibility index (Phi) is 4.17. The molecule has 0 fully saturated rings. The molecule has 0 saturated carbocycles. The normalized spacial score (nSPS) is 12.4. The van der Waals surface area contributed by atoms with E-state index >= 15 is 0 Å². The third kappa shape index (κ3) is 2.46. The van der Waals surface area contributed by atoms with Crippen LogP contribution in [0, 0.1) is 0 Å². The molecule has 5 nitrogen and oxygen atoms in total. The summed E-state index contributed by atoms with van der Waals surface area (Å²) < 4.78 is 28.4. The molecule has 20 heavy (non-hydrogen) atoms. The first-order valence-corrected chi connectivity index (χ1v) is 7.96. The van der Waals surface area contributed by atoms with Gasteiger partial charge in [-0.25, -0.2) is 13.4 Å². The topological polar surface area (TPSA) is 54.7 Å². The average Bonchev–Trinajstić information content (AvgIpc) is 2.71. The highest BCUT2D eigenvalue weighted by atomic mass is 35.5. The molecule has 108 valence electrons. The number of nitrogens with zero attached hydrogens (tertiary/aromatic N) is 3. The fourth-order valence-corrected chi connectivity index (χ4v) is 4.21. The Labute approximate surface area is 123 Å². The highest BCUT2D eigenvalue weighted by molar-refractivity contribution is 7.89. The molecule has 2 aromatic rings. The lowest BCUT2D eigenvalue weighted by molar-refractivity contribution is 0.381. The van der Waals surface area contributed by atoms with Crippen LogP contribution in [0.1, 0.15) is 13.8 Å². The Balaban J connectivity index is 2.67. The summed E-state index contributed by atoms with van der Waals surface area (Å²) in [7, 11) is -3.75. The van der Waals surface area contributed by atoms with Gasteiger partial charge in [0.15, 0.2) is 10.2 Å². The molecular weight excluding hydrogens is 298 g/mol. The van der Waals surface area contributed by atoms with Crippen LogP contribution in [0.5, 0.6) is 0 Å². The van der Waals surface area contributed by atoms with Crippen LogP contribution in [-0.2, 0) is 10.0 Å². The third-order valence-electron chi connectivity index (χ3n) is 2.88. The van der Waals surface area contributed by atoms with Crippen molar-refractivity contribution in [2.75, 3.05) is 6.54 Å². The van der Waals surface area contributed by atoms with Crippen LogP contribution in [0.3, 0.4) is 0 Å². The molecule has 0 amide bonds. The Morgan fingerprint density at radius 2 is 2.20 bits per heavy atom. The average molecular weight is 314 g/mol. The standard InChI is InChI=1S/C13H16ClN3O2S/c1-4-8-17(10(2)3)20(18,19)13-12(14)15-11-7-5-6-9-16(11)13/h4-7,9-10H,1,8H2,2-3H3. The second-order valence-electron chi connectivity index (χ2n) is 4.59. The summed E-state index contributed by atoms with van der Waals surface area (Å²) >= 11 is 6.04. The summed E-state index contributed by atoms with van der Waals surface area (Å²) in [5, 5.41) is -0.0313. The summed E-state index contributed by atoms with van der Waals surface area (Å²) in [6, 6.07) is 5.01. The largest absolute Gasteiger partial charge is 0.288 e. The van der Waals surface area contributed by atoms with E-state index in [2.05, 4.69) is 11.6 Å². The number of aromatic nitrogens is 2. The minimum Gasteiger partial charge on any atom is -0.288 e. The molecule has 0 spiro atoms. The number of fused-ring (bicyclic) bond motifs is 1. The summed E-state index contributed by atoms with van der Waals surface area (Å²) in [5.41, 5.74) is 0.499. The number of imidazole rings is 1. The van der Waals surface area contributed by atoms with E-state index in [0.29, 0.717) is 5.65 Å². The Morgan fingerprint density at radius 1 is 1.50 bits per heavy atom. The Hall–Kier alpha value is -1.37. The quantitative estimate of drug-likeness (QED) is 0.797. The van der Waals surface area contributed by atoms with E-state index in [1.807, 2.05) is 0 Å². The van der Waals surface area contributed by atoms with Crippen molar-refractivity contribution in [3.63, 3.8) is 0 Å². The molecule has 0 saturated heterocycles. The van der Waals surface area contributed by atoms with Gasteiger partial charge in [-0.15, -0.1) is 6.58 Å². The van der Waals surface area contributed by atoms with Gasteiger partial charge in [-0.05, 0) is 26.0 Å². The first-order valence-electron chi connectivity index (χ1n) is 6.15. The Morgan fingerprint density at radius 3 is 2.80 bits per heavy atom. The smallest absolute Gasteiger partial charge is 0.262 e. The van der Waals surface area contributed by atoms with Gasteiger partial charge in [0.05, 0.1) is 0 Å². The van der Waals surface area contributed by atoms with Crippen LogP contribution in [0.15, 0.2) is 42.1 Å². The van der Waals surface area contributed by atoms with E-state index in [4.69, 9.17) is 11.6 Å². The van der Waals surface area contributed by atoms with Gasteiger partial charge in [0.25, 0.3) is 10.0 Å². The van der Waals surface area contributed by atoms with E-state index in [-0.39, 0.29) is 22.8 Å². The minimum absolute atomic E-state index is 0.00897. The maximum absolute atomic E-state index is 12.8. The summed E-state index contributed by atoms with van der Waals surface area (Å²) in [4.78, 5) is 4.08. The van der Waals surface area contributed by atoms with Gasteiger partial charge in [-0.3, -0.25) is 4.40 Å². The molecule has 0 unspecified atom stereocenters. The van der Waals surface area contributed by atoms with Crippen molar-refractivity contribution >= 4 is 27.3 Å². The first kappa shape index (κ1) is 15.0. The zero-order chi connectivity index (χ0) is 14.9. The van der Waals surface area contributed by atoms with Crippen LogP contribution in [-0.4, -0.2) is 34.7 Å². The number of rotatable bonds is 5. The van der Waals surface area contributed by atoms with Crippen molar-refractivity contribution in [1.82, 2.24) is 13.7 Å². The minimum atomic E-state index is -3.75. The molecule has 0 N–H and O–H groups in total. The predicted molar refractivity (Wildman–Crippen MR) is 79.4 cm³/mol. The summed E-state index contributed by atoms with van der Waals surface area (Å²) in [5.74, 6) is 0. The molecule has 0 radical (unpaired) electrons. The first-order chi connectivity index (χ1) is 9.39. The number of hydrogen-bond acceptors (Lipinski definition) is 3. The maximum Gasteiger partial charge on any atom is 0.262 e. The summed E-state index contributed by atoms with van der Waals surface area (Å²) in [6.45, 7) is 7.43. The molecule has 0 aliphatic carbocycles. The molecule has 7 heteroatoms. The van der Waals surface area contributed by atoms with Crippen molar-refractivity contribution in [2.45, 2.75) is 24.9 Å². The third-order valence-corrected chi connectivity index (χ3v) is 5.33. The van der Waals surface area contributed by atoms with Gasteiger partial charge in [0.2, 0.25) is 0 Å². The van der Waals surface area contributed by atoms with Crippen LogP contribution < -0.4 is 0 Å². The molecule has 2 aromatic heterocycles. The number of pyridine rings is 1. The van der Waals surface area contributed by atoms with Crippen LogP contribution >= 0.6 is 11.6 Å². The number of halogens is 1. The van der Waals surface area contributed by atoms with Gasteiger partial charge in [0.1, 0.15) is 5.65 Å². The van der Waals surface area contributed by atoms with Crippen molar-refractivity contribution in [1.29, 1.82) is 0 Å². The zero-order valence-electron chi connectivity index (χ0n) is 11.3. The molecule has 0 aliphatic rings. The SMILES string of the molecule is C=CCN(C(C)C)S(=O)(=O)c1c(Cl)nc2ccccn12. The lowest BCUT2D eigenvalue weighted by Crippen LogP contribution is -2.37. The molecule has 0 bridgehead atoms. The molecule has 0 aliphatic heterocycles. The van der Waals surface area contributed by atoms with Gasteiger partial charge in [0, 0.05) is 18.8 Å². The van der Waals surface area contributed by atoms with E-state index in [0.717, 1.165) is 0 Å². The van der Waals surface area contributed by atoms with E-state index in [1.54, 1.807) is 44.3 Å². The van der Waals surface area contributed by atoms with Gasteiger partial charge >= 0.3 is 0 Å². The molecular formula is C13H16ClN3O2S. The maximum atomic E-state index is 12.8. The lowest BCUT2D eigenvalue weighted by Gasteiger charge is -2.24. The highest BCUT2D eigenvalue weighted by Gasteiger charge is 2.31. The second kappa shape index (κ2) is 5.55. The molecule has 0 aromatic carbocycles. The van der Waals surface area contributed by atoms with Gasteiger partial charge in [-0.1, -0.05) is 23.7 Å². The van der Waals surface area contributed by atoms with E-state index < -0.39 is 10.0 Å². The Bertz CT molecular complexity index is 737. The van der Waals surface area contributed by atoms with Crippen LogP contribution in [0.2, 0.25) is 5.15 Å². The van der Waals surface area contributed by atoms with Crippen molar-refractivity contribution in [3.8, 4) is 0 Å². The molecule has 2 rings (SSSR count).